The Morgan fingerprint density at radius 3 is 2.14 bits per heavy atom. The average Bonchev–Trinajstić information content (AvgIpc) is 2.36. The van der Waals surface area contributed by atoms with Gasteiger partial charge in [-0.15, -0.1) is 0 Å². The third kappa shape index (κ3) is 4.73. The predicted molar refractivity (Wildman–Crippen MR) is 60.9 cm³/mol. The second-order valence-electron chi connectivity index (χ2n) is 5.21. The fourth-order valence-electron chi connectivity index (χ4n) is 1.93. The number of rotatable bonds is 4. The van der Waals surface area contributed by atoms with Crippen LogP contribution >= 0.6 is 0 Å². The Bertz CT molecular complexity index is 394. The van der Waals surface area contributed by atoms with Crippen LogP contribution in [0.1, 0.15) is 20.3 Å². The van der Waals surface area contributed by atoms with E-state index in [-0.39, 0.29) is 13.2 Å². The number of alkyl halides is 6. The maximum absolute atomic E-state index is 13.2. The quantitative estimate of drug-likeness (QED) is 0.584. The van der Waals surface area contributed by atoms with Gasteiger partial charge in [-0.2, -0.15) is 26.3 Å². The molecule has 1 aliphatic heterocycles. The largest absolute Gasteiger partial charge is 0.455 e. The van der Waals surface area contributed by atoms with E-state index >= 15 is 0 Å². The van der Waals surface area contributed by atoms with Gasteiger partial charge in [0.05, 0.1) is 25.4 Å². The molecule has 10 heteroatoms. The van der Waals surface area contributed by atoms with E-state index in [1.54, 1.807) is 0 Å². The molecule has 0 aliphatic carbocycles. The van der Waals surface area contributed by atoms with Crippen LogP contribution in [-0.2, 0) is 19.0 Å². The summed E-state index contributed by atoms with van der Waals surface area (Å²) >= 11 is 0. The maximum Gasteiger partial charge on any atom is 0.422 e. The molecule has 0 aromatic carbocycles. The third-order valence-electron chi connectivity index (χ3n) is 3.37. The van der Waals surface area contributed by atoms with E-state index < -0.39 is 49.0 Å². The highest BCUT2D eigenvalue weighted by Gasteiger charge is 2.59. The summed E-state index contributed by atoms with van der Waals surface area (Å²) < 4.78 is 89.6. The molecule has 1 saturated heterocycles. The van der Waals surface area contributed by atoms with Crippen LogP contribution in [0.2, 0.25) is 0 Å². The molecule has 1 rings (SSSR count). The number of hydrogen-bond acceptors (Lipinski definition) is 4. The molecule has 0 saturated carbocycles. The lowest BCUT2D eigenvalue weighted by molar-refractivity contribution is -0.252. The number of carbonyl (C=O) groups excluding carboxylic acids is 1. The van der Waals surface area contributed by atoms with Crippen molar-refractivity contribution in [1.29, 1.82) is 0 Å². The molecule has 0 N–H and O–H groups in total. The van der Waals surface area contributed by atoms with Crippen molar-refractivity contribution in [1.82, 2.24) is 0 Å². The van der Waals surface area contributed by atoms with Crippen molar-refractivity contribution in [3.05, 3.63) is 0 Å². The van der Waals surface area contributed by atoms with Gasteiger partial charge in [0, 0.05) is 6.42 Å². The summed E-state index contributed by atoms with van der Waals surface area (Å²) in [5, 5.41) is 0. The van der Waals surface area contributed by atoms with Gasteiger partial charge in [-0.05, 0) is 13.8 Å². The summed E-state index contributed by atoms with van der Waals surface area (Å²) in [6.45, 7) is 0.118. The van der Waals surface area contributed by atoms with Gasteiger partial charge >= 0.3 is 18.3 Å². The minimum atomic E-state index is -5.09. The van der Waals surface area contributed by atoms with Gasteiger partial charge < -0.3 is 14.2 Å². The van der Waals surface area contributed by atoms with Crippen LogP contribution in [0.15, 0.2) is 0 Å². The summed E-state index contributed by atoms with van der Waals surface area (Å²) in [5.41, 5.74) is -3.11. The van der Waals surface area contributed by atoms with Gasteiger partial charge in [-0.3, -0.25) is 4.79 Å². The van der Waals surface area contributed by atoms with E-state index in [2.05, 4.69) is 4.74 Å². The van der Waals surface area contributed by atoms with E-state index in [1.165, 1.54) is 6.92 Å². The Morgan fingerprint density at radius 1 is 1.14 bits per heavy atom. The first-order valence-corrected chi connectivity index (χ1v) is 6.41. The minimum absolute atomic E-state index is 0.0422. The van der Waals surface area contributed by atoms with Gasteiger partial charge in [0.2, 0.25) is 0 Å². The molecule has 0 spiro atoms. The van der Waals surface area contributed by atoms with Gasteiger partial charge in [0.1, 0.15) is 0 Å². The van der Waals surface area contributed by atoms with Gasteiger partial charge in [0.15, 0.2) is 12.0 Å². The predicted octanol–water partition coefficient (Wildman–Crippen LogP) is 2.85. The van der Waals surface area contributed by atoms with E-state index in [4.69, 9.17) is 9.47 Å². The first kappa shape index (κ1) is 19.0. The Hall–Kier alpha value is -1.03. The summed E-state index contributed by atoms with van der Waals surface area (Å²) in [5.74, 6) is -1.99. The van der Waals surface area contributed by atoms with E-state index in [9.17, 15) is 31.1 Å². The Balaban J connectivity index is 2.87. The molecule has 22 heavy (non-hydrogen) atoms. The first-order valence-electron chi connectivity index (χ1n) is 6.41. The minimum Gasteiger partial charge on any atom is -0.455 e. The first-order chi connectivity index (χ1) is 9.87. The lowest BCUT2D eigenvalue weighted by atomic mass is 9.82. The van der Waals surface area contributed by atoms with Crippen molar-refractivity contribution >= 4 is 5.97 Å². The summed E-state index contributed by atoms with van der Waals surface area (Å²) in [6.07, 6.45) is -12.7. The molecular weight excluding hydrogens is 322 g/mol. The van der Waals surface area contributed by atoms with Crippen molar-refractivity contribution < 1.29 is 45.3 Å². The molecule has 0 aromatic rings. The van der Waals surface area contributed by atoms with Gasteiger partial charge in [-0.25, -0.2) is 0 Å². The van der Waals surface area contributed by atoms with Crippen molar-refractivity contribution in [3.63, 3.8) is 0 Å². The second kappa shape index (κ2) is 6.61. The van der Waals surface area contributed by atoms with Gasteiger partial charge in [-0.1, -0.05) is 0 Å². The zero-order valence-electron chi connectivity index (χ0n) is 11.9. The number of hydrogen-bond donors (Lipinski definition) is 0. The van der Waals surface area contributed by atoms with Crippen LogP contribution in [-0.4, -0.2) is 50.4 Å². The lowest BCUT2D eigenvalue weighted by Gasteiger charge is -2.37. The standard InChI is InChI=1S/C12H16F6O4/c1-7-8(21-4-3-20-7)5-10(2,12(16,17)18)9(19)22-6-11(13,14)15/h7-8H,3-6H2,1-2H3. The molecule has 1 fully saturated rings. The maximum atomic E-state index is 13.2. The number of esters is 1. The molecule has 0 radical (unpaired) electrons. The summed E-state index contributed by atoms with van der Waals surface area (Å²) in [7, 11) is 0. The Labute approximate surface area is 122 Å². The normalized spacial score (nSPS) is 26.4. The SMILES string of the molecule is CC1OCCOC1CC(C)(C(=O)OCC(F)(F)F)C(F)(F)F. The van der Waals surface area contributed by atoms with E-state index in [1.807, 2.05) is 0 Å². The van der Waals surface area contributed by atoms with Crippen LogP contribution < -0.4 is 0 Å². The van der Waals surface area contributed by atoms with E-state index in [0.29, 0.717) is 6.92 Å². The van der Waals surface area contributed by atoms with Crippen molar-refractivity contribution in [3.8, 4) is 0 Å². The second-order valence-corrected chi connectivity index (χ2v) is 5.21. The monoisotopic (exact) mass is 338 g/mol. The molecule has 1 heterocycles. The van der Waals surface area contributed by atoms with E-state index in [0.717, 1.165) is 0 Å². The van der Waals surface area contributed by atoms with Gasteiger partial charge in [0.25, 0.3) is 0 Å². The molecular formula is C12H16F6O4. The highest BCUT2D eigenvalue weighted by Crippen LogP contribution is 2.44. The third-order valence-corrected chi connectivity index (χ3v) is 3.37. The molecule has 3 atom stereocenters. The zero-order chi connectivity index (χ0) is 17.2. The Kier molecular flexibility index (Phi) is 5.71. The zero-order valence-corrected chi connectivity index (χ0v) is 11.9. The van der Waals surface area contributed by atoms with Crippen LogP contribution in [0.4, 0.5) is 26.3 Å². The molecule has 0 aromatic heterocycles. The highest BCUT2D eigenvalue weighted by molar-refractivity contribution is 5.77. The van der Waals surface area contributed by atoms with Crippen molar-refractivity contribution in [2.24, 2.45) is 5.41 Å². The number of halogens is 6. The average molecular weight is 338 g/mol. The number of carbonyl (C=O) groups is 1. The summed E-state index contributed by atoms with van der Waals surface area (Å²) in [4.78, 5) is 11.6. The molecule has 1 aliphatic rings. The molecule has 0 bridgehead atoms. The van der Waals surface area contributed by atoms with Crippen molar-refractivity contribution in [2.45, 2.75) is 44.8 Å². The smallest absolute Gasteiger partial charge is 0.422 e. The fraction of sp³-hybridized carbons (Fsp3) is 0.917. The topological polar surface area (TPSA) is 44.8 Å². The van der Waals surface area contributed by atoms with Crippen LogP contribution in [0.25, 0.3) is 0 Å². The summed E-state index contributed by atoms with van der Waals surface area (Å²) in [6, 6.07) is 0. The number of ether oxygens (including phenoxy) is 3. The van der Waals surface area contributed by atoms with Crippen LogP contribution in [0.5, 0.6) is 0 Å². The molecule has 130 valence electrons. The molecule has 3 unspecified atom stereocenters. The Morgan fingerprint density at radius 2 is 1.68 bits per heavy atom. The van der Waals surface area contributed by atoms with Crippen LogP contribution in [0.3, 0.4) is 0 Å². The highest BCUT2D eigenvalue weighted by atomic mass is 19.4. The van der Waals surface area contributed by atoms with Crippen molar-refractivity contribution in [2.75, 3.05) is 19.8 Å². The lowest BCUT2D eigenvalue weighted by Crippen LogP contribution is -2.50. The molecule has 4 nitrogen and oxygen atoms in total. The fourth-order valence-corrected chi connectivity index (χ4v) is 1.93. The van der Waals surface area contributed by atoms with Crippen LogP contribution in [0, 0.1) is 5.41 Å². The molecule has 0 amide bonds.